The van der Waals surface area contributed by atoms with Crippen molar-refractivity contribution in [1.29, 1.82) is 0 Å². The van der Waals surface area contributed by atoms with Crippen molar-refractivity contribution in [3.05, 3.63) is 36.0 Å². The van der Waals surface area contributed by atoms with E-state index in [1.165, 1.54) is 5.56 Å². The summed E-state index contributed by atoms with van der Waals surface area (Å²) in [6.45, 7) is 7.23. The van der Waals surface area contributed by atoms with Crippen LogP contribution in [0.15, 0.2) is 30.5 Å². The maximum absolute atomic E-state index is 5.46. The van der Waals surface area contributed by atoms with E-state index in [4.69, 9.17) is 9.84 Å². The molecule has 0 saturated carbocycles. The molecule has 0 unspecified atom stereocenters. The van der Waals surface area contributed by atoms with Crippen LogP contribution >= 0.6 is 0 Å². The summed E-state index contributed by atoms with van der Waals surface area (Å²) in [5.41, 5.74) is 3.14. The van der Waals surface area contributed by atoms with Crippen LogP contribution in [0.3, 0.4) is 0 Å². The van der Waals surface area contributed by atoms with E-state index in [2.05, 4.69) is 32.3 Å². The van der Waals surface area contributed by atoms with Gasteiger partial charge in [-0.25, -0.2) is 0 Å². The Hall–Kier alpha value is -1.81. The summed E-state index contributed by atoms with van der Waals surface area (Å²) in [6, 6.07) is 8.00. The Morgan fingerprint density at radius 2 is 1.95 bits per heavy atom. The second kappa shape index (κ2) is 5.67. The minimum absolute atomic E-state index is 0.0389. The molecule has 20 heavy (non-hydrogen) atoms. The second-order valence-corrected chi connectivity index (χ2v) is 5.85. The molecule has 0 atom stereocenters. The Bertz CT molecular complexity index is 582. The normalized spacial score (nSPS) is 11.7. The summed E-state index contributed by atoms with van der Waals surface area (Å²) >= 11 is 0. The van der Waals surface area contributed by atoms with E-state index in [0.717, 1.165) is 23.6 Å². The van der Waals surface area contributed by atoms with Crippen molar-refractivity contribution in [3.8, 4) is 17.0 Å². The summed E-state index contributed by atoms with van der Waals surface area (Å²) in [5.74, 6) is 0.851. The first-order valence-corrected chi connectivity index (χ1v) is 6.84. The lowest BCUT2D eigenvalue weighted by atomic mass is 10.1. The molecule has 4 heteroatoms. The van der Waals surface area contributed by atoms with Gasteiger partial charge in [0.25, 0.3) is 0 Å². The van der Waals surface area contributed by atoms with E-state index >= 15 is 0 Å². The van der Waals surface area contributed by atoms with Crippen LogP contribution in [0.5, 0.6) is 5.75 Å². The number of hydrogen-bond donors (Lipinski definition) is 1. The van der Waals surface area contributed by atoms with E-state index in [1.54, 1.807) is 7.11 Å². The van der Waals surface area contributed by atoms with Gasteiger partial charge in [-0.1, -0.05) is 12.1 Å². The van der Waals surface area contributed by atoms with Crippen LogP contribution in [-0.2, 0) is 12.1 Å². The van der Waals surface area contributed by atoms with Crippen LogP contribution < -0.4 is 10.1 Å². The number of ether oxygens (including phenoxy) is 1. The Balaban J connectivity index is 2.57. The Kier molecular flexibility index (Phi) is 4.14. The predicted molar refractivity (Wildman–Crippen MR) is 82.0 cm³/mol. The second-order valence-electron chi connectivity index (χ2n) is 5.85. The van der Waals surface area contributed by atoms with Crippen molar-refractivity contribution in [2.45, 2.75) is 32.9 Å². The van der Waals surface area contributed by atoms with Crippen molar-refractivity contribution in [1.82, 2.24) is 15.1 Å². The van der Waals surface area contributed by atoms with E-state index in [1.807, 2.05) is 36.0 Å². The van der Waals surface area contributed by atoms with Crippen molar-refractivity contribution >= 4 is 0 Å². The van der Waals surface area contributed by atoms with E-state index in [0.29, 0.717) is 0 Å². The molecule has 0 aliphatic heterocycles. The minimum atomic E-state index is -0.0389. The fourth-order valence-electron chi connectivity index (χ4n) is 2.14. The van der Waals surface area contributed by atoms with Gasteiger partial charge in [-0.15, -0.1) is 0 Å². The molecule has 0 bridgehead atoms. The molecule has 0 aliphatic rings. The van der Waals surface area contributed by atoms with Gasteiger partial charge in [0.15, 0.2) is 0 Å². The third kappa shape index (κ3) is 2.85. The molecular weight excluding hydrogens is 250 g/mol. The number of aromatic nitrogens is 2. The van der Waals surface area contributed by atoms with E-state index in [-0.39, 0.29) is 5.54 Å². The van der Waals surface area contributed by atoms with Gasteiger partial charge in [0.05, 0.1) is 12.6 Å². The Morgan fingerprint density at radius 3 is 2.55 bits per heavy atom. The van der Waals surface area contributed by atoms with Crippen molar-refractivity contribution in [3.63, 3.8) is 0 Å². The van der Waals surface area contributed by atoms with Crippen LogP contribution in [0.1, 0.15) is 26.3 Å². The molecule has 1 N–H and O–H groups in total. The lowest BCUT2D eigenvalue weighted by Crippen LogP contribution is -2.22. The van der Waals surface area contributed by atoms with Crippen molar-refractivity contribution < 1.29 is 4.74 Å². The first kappa shape index (κ1) is 14.6. The van der Waals surface area contributed by atoms with Crippen LogP contribution in [0.25, 0.3) is 11.3 Å². The van der Waals surface area contributed by atoms with Gasteiger partial charge in [-0.2, -0.15) is 5.10 Å². The molecule has 2 rings (SSSR count). The molecule has 0 amide bonds. The zero-order valence-corrected chi connectivity index (χ0v) is 12.9. The average molecular weight is 273 g/mol. The van der Waals surface area contributed by atoms with Gasteiger partial charge in [0, 0.05) is 23.9 Å². The van der Waals surface area contributed by atoms with Crippen molar-refractivity contribution in [2.75, 3.05) is 14.2 Å². The number of para-hydroxylation sites is 1. The lowest BCUT2D eigenvalue weighted by molar-refractivity contribution is 0.355. The smallest absolute Gasteiger partial charge is 0.128 e. The molecule has 0 spiro atoms. The van der Waals surface area contributed by atoms with Crippen LogP contribution in [-0.4, -0.2) is 23.9 Å². The number of hydrogen-bond acceptors (Lipinski definition) is 3. The number of nitrogens with one attached hydrogen (secondary N) is 1. The molecule has 0 radical (unpaired) electrons. The van der Waals surface area contributed by atoms with Gasteiger partial charge >= 0.3 is 0 Å². The molecule has 1 heterocycles. The highest BCUT2D eigenvalue weighted by atomic mass is 16.5. The summed E-state index contributed by atoms with van der Waals surface area (Å²) in [6.07, 6.45) is 2.11. The van der Waals surface area contributed by atoms with Gasteiger partial charge in [0.1, 0.15) is 11.4 Å². The third-order valence-corrected chi connectivity index (χ3v) is 3.21. The maximum Gasteiger partial charge on any atom is 0.128 e. The molecule has 0 fully saturated rings. The molecule has 0 aliphatic carbocycles. The van der Waals surface area contributed by atoms with Gasteiger partial charge < -0.3 is 10.1 Å². The van der Waals surface area contributed by atoms with Gasteiger partial charge in [-0.3, -0.25) is 4.68 Å². The number of nitrogens with zero attached hydrogens (tertiary/aromatic N) is 2. The third-order valence-electron chi connectivity index (χ3n) is 3.21. The summed E-state index contributed by atoms with van der Waals surface area (Å²) in [4.78, 5) is 0. The van der Waals surface area contributed by atoms with E-state index in [9.17, 15) is 0 Å². The molecule has 4 nitrogen and oxygen atoms in total. The SMILES string of the molecule is CNCc1cn(C(C)(C)C)nc1-c1ccccc1OC. The number of methoxy groups -OCH3 is 1. The number of benzene rings is 1. The minimum Gasteiger partial charge on any atom is -0.496 e. The number of rotatable bonds is 4. The lowest BCUT2D eigenvalue weighted by Gasteiger charge is -2.19. The monoisotopic (exact) mass is 273 g/mol. The zero-order valence-electron chi connectivity index (χ0n) is 12.9. The van der Waals surface area contributed by atoms with E-state index < -0.39 is 0 Å². The van der Waals surface area contributed by atoms with Crippen LogP contribution in [0.2, 0.25) is 0 Å². The molecular formula is C16H23N3O. The molecule has 1 aromatic carbocycles. The Labute approximate surface area is 120 Å². The highest BCUT2D eigenvalue weighted by Gasteiger charge is 2.20. The van der Waals surface area contributed by atoms with Crippen molar-refractivity contribution in [2.24, 2.45) is 0 Å². The Morgan fingerprint density at radius 1 is 1.25 bits per heavy atom. The average Bonchev–Trinajstić information content (AvgIpc) is 2.83. The summed E-state index contributed by atoms with van der Waals surface area (Å²) in [7, 11) is 3.64. The van der Waals surface area contributed by atoms with Crippen LogP contribution in [0.4, 0.5) is 0 Å². The van der Waals surface area contributed by atoms with Crippen LogP contribution in [0, 0.1) is 0 Å². The topological polar surface area (TPSA) is 39.1 Å². The maximum atomic E-state index is 5.46. The first-order chi connectivity index (χ1) is 9.47. The quantitative estimate of drug-likeness (QED) is 0.930. The first-order valence-electron chi connectivity index (χ1n) is 6.84. The fraction of sp³-hybridized carbons (Fsp3) is 0.438. The molecule has 0 saturated heterocycles. The largest absolute Gasteiger partial charge is 0.496 e. The zero-order chi connectivity index (χ0) is 14.8. The molecule has 1 aromatic heterocycles. The predicted octanol–water partition coefficient (Wildman–Crippen LogP) is 3.03. The van der Waals surface area contributed by atoms with Gasteiger partial charge in [0.2, 0.25) is 0 Å². The molecule has 108 valence electrons. The highest BCUT2D eigenvalue weighted by molar-refractivity contribution is 5.69. The fourth-order valence-corrected chi connectivity index (χ4v) is 2.14. The summed E-state index contributed by atoms with van der Waals surface area (Å²) < 4.78 is 7.47. The highest BCUT2D eigenvalue weighted by Crippen LogP contribution is 2.32. The molecule has 2 aromatic rings. The standard InChI is InChI=1S/C16H23N3O/c1-16(2,3)19-11-12(10-17-4)15(18-19)13-8-6-7-9-14(13)20-5/h6-9,11,17H,10H2,1-5H3. The summed E-state index contributed by atoms with van der Waals surface area (Å²) in [5, 5.41) is 7.98. The van der Waals surface area contributed by atoms with Gasteiger partial charge in [-0.05, 0) is 40.0 Å².